The second-order valence-electron chi connectivity index (χ2n) is 4.48. The molecule has 1 aromatic heterocycles. The van der Waals surface area contributed by atoms with Crippen LogP contribution in [0.25, 0.3) is 0 Å². The molecule has 0 radical (unpaired) electrons. The summed E-state index contributed by atoms with van der Waals surface area (Å²) in [6.07, 6.45) is -0.0229. The van der Waals surface area contributed by atoms with Gasteiger partial charge in [-0.3, -0.25) is 25.0 Å². The van der Waals surface area contributed by atoms with Crippen LogP contribution < -0.4 is 16.4 Å². The van der Waals surface area contributed by atoms with Crippen molar-refractivity contribution in [1.29, 1.82) is 0 Å². The Labute approximate surface area is 134 Å². The first kappa shape index (κ1) is 16.4. The molecule has 0 aliphatic carbocycles. The van der Waals surface area contributed by atoms with Gasteiger partial charge in [-0.05, 0) is 6.07 Å². The Balaban J connectivity index is 2.22. The molecule has 0 aliphatic rings. The molecule has 0 saturated heterocycles. The van der Waals surface area contributed by atoms with Crippen molar-refractivity contribution in [2.24, 2.45) is 5.73 Å². The third kappa shape index (κ3) is 4.01. The Bertz CT molecular complexity index is 773. The van der Waals surface area contributed by atoms with Crippen molar-refractivity contribution in [2.75, 3.05) is 17.7 Å². The van der Waals surface area contributed by atoms with E-state index in [9.17, 15) is 19.7 Å². The zero-order valence-electron chi connectivity index (χ0n) is 12.0. The molecule has 2 rings (SSSR count). The summed E-state index contributed by atoms with van der Waals surface area (Å²) in [4.78, 5) is 37.5. The lowest BCUT2D eigenvalue weighted by molar-refractivity contribution is -0.384. The van der Waals surface area contributed by atoms with E-state index in [1.807, 2.05) is 0 Å². The quantitative estimate of drug-likeness (QED) is 0.538. The van der Waals surface area contributed by atoms with E-state index in [0.717, 1.165) is 11.3 Å². The molecule has 10 heteroatoms. The van der Waals surface area contributed by atoms with Gasteiger partial charge in [0.1, 0.15) is 0 Å². The van der Waals surface area contributed by atoms with E-state index in [4.69, 9.17) is 5.73 Å². The highest BCUT2D eigenvalue weighted by molar-refractivity contribution is 7.14. The number of amides is 2. The van der Waals surface area contributed by atoms with Crippen molar-refractivity contribution < 1.29 is 14.5 Å². The molecule has 1 aromatic carbocycles. The Hall–Kier alpha value is -3.01. The molecule has 1 heterocycles. The van der Waals surface area contributed by atoms with E-state index in [1.165, 1.54) is 18.2 Å². The number of hydrogen-bond donors (Lipinski definition) is 3. The Morgan fingerprint density at radius 3 is 2.78 bits per heavy atom. The zero-order chi connectivity index (χ0) is 17.0. The summed E-state index contributed by atoms with van der Waals surface area (Å²) in [5.74, 6) is -1.07. The average molecular weight is 335 g/mol. The van der Waals surface area contributed by atoms with E-state index in [1.54, 1.807) is 12.4 Å². The number of hydrogen-bond acceptors (Lipinski definition) is 7. The molecule has 2 aromatic rings. The normalized spacial score (nSPS) is 10.1. The molecule has 120 valence electrons. The third-order valence-electron chi connectivity index (χ3n) is 2.86. The number of nitrogens with one attached hydrogen (secondary N) is 2. The number of carbonyl (C=O) groups excluding carboxylic acids is 2. The van der Waals surface area contributed by atoms with Gasteiger partial charge in [0.05, 0.1) is 22.6 Å². The monoisotopic (exact) mass is 335 g/mol. The summed E-state index contributed by atoms with van der Waals surface area (Å²) in [5, 5.41) is 18.1. The van der Waals surface area contributed by atoms with Crippen molar-refractivity contribution >= 4 is 39.7 Å². The molecule has 0 spiro atoms. The number of aromatic nitrogens is 1. The molecule has 0 bridgehead atoms. The van der Waals surface area contributed by atoms with Crippen LogP contribution in [-0.2, 0) is 11.2 Å². The topological polar surface area (TPSA) is 140 Å². The molecule has 0 unspecified atom stereocenters. The van der Waals surface area contributed by atoms with Crippen LogP contribution >= 0.6 is 11.3 Å². The highest BCUT2D eigenvalue weighted by Gasteiger charge is 2.17. The summed E-state index contributed by atoms with van der Waals surface area (Å²) in [5.41, 5.74) is 5.90. The van der Waals surface area contributed by atoms with E-state index >= 15 is 0 Å². The van der Waals surface area contributed by atoms with Crippen LogP contribution in [0.5, 0.6) is 0 Å². The van der Waals surface area contributed by atoms with Gasteiger partial charge >= 0.3 is 0 Å². The van der Waals surface area contributed by atoms with Gasteiger partial charge in [0.25, 0.3) is 11.6 Å². The summed E-state index contributed by atoms with van der Waals surface area (Å²) in [6.45, 7) is 0. The van der Waals surface area contributed by atoms with Crippen molar-refractivity contribution in [3.8, 4) is 0 Å². The fourth-order valence-corrected chi connectivity index (χ4v) is 2.55. The van der Waals surface area contributed by atoms with Crippen LogP contribution in [0.3, 0.4) is 0 Å². The fraction of sp³-hybridized carbons (Fsp3) is 0.154. The van der Waals surface area contributed by atoms with Gasteiger partial charge in [-0.2, -0.15) is 0 Å². The predicted molar refractivity (Wildman–Crippen MR) is 85.6 cm³/mol. The number of nitro benzene ring substituents is 1. The minimum atomic E-state index is -0.579. The maximum absolute atomic E-state index is 12.3. The van der Waals surface area contributed by atoms with Gasteiger partial charge in [0.15, 0.2) is 5.13 Å². The van der Waals surface area contributed by atoms with Crippen molar-refractivity contribution in [1.82, 2.24) is 4.98 Å². The van der Waals surface area contributed by atoms with Crippen LogP contribution in [0.2, 0.25) is 0 Å². The molecular formula is C13H13N5O4S. The van der Waals surface area contributed by atoms with E-state index < -0.39 is 16.7 Å². The van der Waals surface area contributed by atoms with Crippen molar-refractivity contribution in [3.05, 3.63) is 45.0 Å². The highest BCUT2D eigenvalue weighted by Crippen LogP contribution is 2.24. The largest absolute Gasteiger partial charge is 0.387 e. The van der Waals surface area contributed by atoms with Gasteiger partial charge in [-0.1, -0.05) is 0 Å². The van der Waals surface area contributed by atoms with Crippen molar-refractivity contribution in [3.63, 3.8) is 0 Å². The van der Waals surface area contributed by atoms with Crippen LogP contribution in [0.4, 0.5) is 16.5 Å². The first-order valence-electron chi connectivity index (χ1n) is 6.41. The third-order valence-corrected chi connectivity index (χ3v) is 3.66. The highest BCUT2D eigenvalue weighted by atomic mass is 32.1. The van der Waals surface area contributed by atoms with Gasteiger partial charge in [0, 0.05) is 30.2 Å². The molecule has 2 amide bonds. The number of nitrogens with zero attached hydrogens (tertiary/aromatic N) is 2. The van der Waals surface area contributed by atoms with Gasteiger partial charge < -0.3 is 11.1 Å². The maximum Gasteiger partial charge on any atom is 0.270 e. The lowest BCUT2D eigenvalue weighted by Crippen LogP contribution is -2.15. The number of non-ortho nitro benzene ring substituents is 1. The fourth-order valence-electron chi connectivity index (χ4n) is 1.84. The number of benzene rings is 1. The molecule has 23 heavy (non-hydrogen) atoms. The van der Waals surface area contributed by atoms with Gasteiger partial charge in [-0.15, -0.1) is 11.3 Å². The molecule has 9 nitrogen and oxygen atoms in total. The lowest BCUT2D eigenvalue weighted by atomic mass is 10.1. The minimum absolute atomic E-state index is 0.0229. The Morgan fingerprint density at radius 2 is 2.17 bits per heavy atom. The molecule has 0 atom stereocenters. The standard InChI is InChI=1S/C13H13N5O4S/c1-15-10-3-2-8(18(21)22)5-9(10)12(20)17-13-16-7(6-23-13)4-11(14)19/h2-3,5-6,15H,4H2,1H3,(H2,14,19)(H,16,17,20). The maximum atomic E-state index is 12.3. The van der Waals surface area contributed by atoms with Gasteiger partial charge in [-0.25, -0.2) is 4.98 Å². The van der Waals surface area contributed by atoms with Gasteiger partial charge in [0.2, 0.25) is 5.91 Å². The smallest absolute Gasteiger partial charge is 0.270 e. The summed E-state index contributed by atoms with van der Waals surface area (Å²) < 4.78 is 0. The van der Waals surface area contributed by atoms with Crippen LogP contribution in [-0.4, -0.2) is 28.8 Å². The lowest BCUT2D eigenvalue weighted by Gasteiger charge is -2.08. The summed E-state index contributed by atoms with van der Waals surface area (Å²) in [6, 6.07) is 3.93. The summed E-state index contributed by atoms with van der Waals surface area (Å²) in [7, 11) is 1.60. The van der Waals surface area contributed by atoms with Crippen LogP contribution in [0.1, 0.15) is 16.1 Å². The number of rotatable bonds is 6. The van der Waals surface area contributed by atoms with E-state index in [2.05, 4.69) is 15.6 Å². The number of thiazole rings is 1. The Kier molecular flexibility index (Phi) is 4.86. The number of carbonyl (C=O) groups is 2. The van der Waals surface area contributed by atoms with E-state index in [0.29, 0.717) is 11.4 Å². The predicted octanol–water partition coefficient (Wildman–Crippen LogP) is 1.37. The molecule has 4 N–H and O–H groups in total. The zero-order valence-corrected chi connectivity index (χ0v) is 12.8. The Morgan fingerprint density at radius 1 is 1.43 bits per heavy atom. The number of nitro groups is 1. The van der Waals surface area contributed by atoms with Crippen LogP contribution in [0, 0.1) is 10.1 Å². The first-order valence-corrected chi connectivity index (χ1v) is 7.29. The molecule has 0 fully saturated rings. The average Bonchev–Trinajstić information content (AvgIpc) is 2.92. The molecule has 0 aliphatic heterocycles. The second-order valence-corrected chi connectivity index (χ2v) is 5.34. The number of nitrogens with two attached hydrogens (primary N) is 1. The SMILES string of the molecule is CNc1ccc([N+](=O)[O-])cc1C(=O)Nc1nc(CC(N)=O)cs1. The second kappa shape index (κ2) is 6.83. The first-order chi connectivity index (χ1) is 10.9. The van der Waals surface area contributed by atoms with Crippen molar-refractivity contribution in [2.45, 2.75) is 6.42 Å². The summed E-state index contributed by atoms with van der Waals surface area (Å²) >= 11 is 1.13. The van der Waals surface area contributed by atoms with Crippen LogP contribution in [0.15, 0.2) is 23.6 Å². The molecule has 0 saturated carbocycles. The molecular weight excluding hydrogens is 322 g/mol. The number of primary amides is 1. The minimum Gasteiger partial charge on any atom is -0.387 e. The van der Waals surface area contributed by atoms with E-state index in [-0.39, 0.29) is 22.8 Å². The number of anilines is 2.